The van der Waals surface area contributed by atoms with Crippen LogP contribution in [0.2, 0.25) is 0 Å². The third kappa shape index (κ3) is 5.26. The lowest BCUT2D eigenvalue weighted by molar-refractivity contribution is 0.406. The van der Waals surface area contributed by atoms with E-state index in [1.54, 1.807) is 7.11 Å². The Morgan fingerprint density at radius 1 is 0.675 bits per heavy atom. The second-order valence-corrected chi connectivity index (χ2v) is 13.2. The summed E-state index contributed by atoms with van der Waals surface area (Å²) >= 11 is 0. The molecule has 5 aromatic rings. The van der Waals surface area contributed by atoms with Crippen LogP contribution >= 0.6 is 7.14 Å². The van der Waals surface area contributed by atoms with Gasteiger partial charge in [0.25, 0.3) is 0 Å². The molecule has 0 spiro atoms. The van der Waals surface area contributed by atoms with Crippen LogP contribution in [0.15, 0.2) is 145 Å². The first-order chi connectivity index (χ1) is 19.6. The van der Waals surface area contributed by atoms with Gasteiger partial charge < -0.3 is 14.0 Å². The Balaban J connectivity index is 1.62. The molecular formula is C36H31O3P. The third-order valence-corrected chi connectivity index (χ3v) is 10.7. The van der Waals surface area contributed by atoms with E-state index in [0.717, 1.165) is 39.1 Å². The zero-order valence-electron chi connectivity index (χ0n) is 22.4. The topological polar surface area (TPSA) is 35.5 Å². The molecule has 0 fully saturated rings. The summed E-state index contributed by atoms with van der Waals surface area (Å²) in [5, 5.41) is 0. The van der Waals surface area contributed by atoms with Gasteiger partial charge in [-0.1, -0.05) is 127 Å². The first-order valence-corrected chi connectivity index (χ1v) is 15.7. The van der Waals surface area contributed by atoms with Gasteiger partial charge in [-0.3, -0.25) is 0 Å². The molecule has 6 rings (SSSR count). The molecule has 0 N–H and O–H groups in total. The molecule has 0 saturated carbocycles. The summed E-state index contributed by atoms with van der Waals surface area (Å²) in [6, 6.07) is 46.8. The predicted molar refractivity (Wildman–Crippen MR) is 163 cm³/mol. The van der Waals surface area contributed by atoms with Gasteiger partial charge in [0.1, 0.15) is 30.1 Å². The van der Waals surface area contributed by atoms with Crippen LogP contribution in [0, 0.1) is 0 Å². The van der Waals surface area contributed by atoms with Crippen LogP contribution in [0.4, 0.5) is 0 Å². The zero-order chi connectivity index (χ0) is 27.4. The average Bonchev–Trinajstić information content (AvgIpc) is 3.38. The van der Waals surface area contributed by atoms with Gasteiger partial charge in [-0.25, -0.2) is 0 Å². The van der Waals surface area contributed by atoms with E-state index >= 15 is 4.57 Å². The van der Waals surface area contributed by atoms with Crippen LogP contribution in [0.1, 0.15) is 33.5 Å². The van der Waals surface area contributed by atoms with E-state index in [0.29, 0.717) is 23.8 Å². The van der Waals surface area contributed by atoms with Crippen LogP contribution in [0.3, 0.4) is 0 Å². The predicted octanol–water partition coefficient (Wildman–Crippen LogP) is 9.35. The molecule has 0 aliphatic carbocycles. The highest BCUT2D eigenvalue weighted by atomic mass is 31.2. The van der Waals surface area contributed by atoms with Crippen molar-refractivity contribution < 1.29 is 14.0 Å². The molecule has 0 aromatic heterocycles. The minimum absolute atomic E-state index is 0.427. The molecule has 5 aromatic carbocycles. The lowest BCUT2D eigenvalue weighted by atomic mass is 9.95. The summed E-state index contributed by atoms with van der Waals surface area (Å²) in [6.07, 6.45) is 0.922. The fourth-order valence-corrected chi connectivity index (χ4v) is 9.07. The van der Waals surface area contributed by atoms with Crippen LogP contribution in [-0.2, 0) is 16.9 Å². The number of ether oxygens (including phenoxy) is 2. The number of allylic oxidation sites excluding steroid dienone is 1. The molecule has 3 nitrogen and oxygen atoms in total. The number of hydrogen-bond acceptors (Lipinski definition) is 3. The largest absolute Gasteiger partial charge is 0.497 e. The smallest absolute Gasteiger partial charge is 0.135 e. The lowest BCUT2D eigenvalue weighted by Gasteiger charge is -2.27. The maximum atomic E-state index is 15.7. The third-order valence-electron chi connectivity index (χ3n) is 7.41. The minimum Gasteiger partial charge on any atom is -0.497 e. The van der Waals surface area contributed by atoms with Gasteiger partial charge in [-0.05, 0) is 28.3 Å². The molecule has 0 radical (unpaired) electrons. The fraction of sp³-hybridized carbons (Fsp3) is 0.111. The maximum absolute atomic E-state index is 15.7. The highest BCUT2D eigenvalue weighted by molar-refractivity contribution is 7.63. The van der Waals surface area contributed by atoms with Gasteiger partial charge in [-0.15, -0.1) is 0 Å². The van der Waals surface area contributed by atoms with Crippen molar-refractivity contribution >= 4 is 12.7 Å². The van der Waals surface area contributed by atoms with Crippen LogP contribution in [0.5, 0.6) is 11.5 Å². The Bertz CT molecular complexity index is 1580. The van der Waals surface area contributed by atoms with Crippen LogP contribution in [0.25, 0.3) is 5.57 Å². The van der Waals surface area contributed by atoms with Crippen molar-refractivity contribution in [3.05, 3.63) is 173 Å². The number of hydrogen-bond donors (Lipinski definition) is 0. The van der Waals surface area contributed by atoms with Crippen molar-refractivity contribution in [3.63, 3.8) is 0 Å². The van der Waals surface area contributed by atoms with Crippen molar-refractivity contribution in [2.45, 2.75) is 18.0 Å². The normalized spacial score (nSPS) is 14.3. The molecule has 0 bridgehead atoms. The molecule has 1 atom stereocenters. The summed E-state index contributed by atoms with van der Waals surface area (Å²) in [4.78, 5) is 0. The maximum Gasteiger partial charge on any atom is 0.135 e. The van der Waals surface area contributed by atoms with Crippen molar-refractivity contribution in [1.29, 1.82) is 0 Å². The van der Waals surface area contributed by atoms with Crippen molar-refractivity contribution in [2.24, 2.45) is 0 Å². The fourth-order valence-electron chi connectivity index (χ4n) is 5.61. The monoisotopic (exact) mass is 542 g/mol. The van der Waals surface area contributed by atoms with Crippen LogP contribution < -0.4 is 9.47 Å². The van der Waals surface area contributed by atoms with E-state index in [9.17, 15) is 0 Å². The van der Waals surface area contributed by atoms with Gasteiger partial charge in [-0.2, -0.15) is 0 Å². The minimum atomic E-state index is -3.04. The first-order valence-electron chi connectivity index (χ1n) is 13.5. The van der Waals surface area contributed by atoms with E-state index < -0.39 is 12.8 Å². The number of rotatable bonds is 8. The Kier molecular flexibility index (Phi) is 7.40. The van der Waals surface area contributed by atoms with E-state index in [4.69, 9.17) is 9.47 Å². The van der Waals surface area contributed by atoms with Gasteiger partial charge >= 0.3 is 0 Å². The molecule has 4 heteroatoms. The highest BCUT2D eigenvalue weighted by Gasteiger charge is 2.45. The molecule has 1 aliphatic heterocycles. The number of fused-ring (bicyclic) bond motifs is 1. The number of methoxy groups -OCH3 is 1. The first kappa shape index (κ1) is 25.9. The molecule has 1 unspecified atom stereocenters. The van der Waals surface area contributed by atoms with Crippen LogP contribution in [-0.4, -0.2) is 7.11 Å². The summed E-state index contributed by atoms with van der Waals surface area (Å²) in [5.41, 5.74) is 5.65. The Morgan fingerprint density at radius 2 is 1.15 bits per heavy atom. The molecule has 0 saturated heterocycles. The van der Waals surface area contributed by atoms with Gasteiger partial charge in [0.15, 0.2) is 0 Å². The molecule has 40 heavy (non-hydrogen) atoms. The summed E-state index contributed by atoms with van der Waals surface area (Å²) < 4.78 is 28.0. The molecule has 0 amide bonds. The summed E-state index contributed by atoms with van der Waals surface area (Å²) in [7, 11) is -1.39. The molecule has 1 aliphatic rings. The second-order valence-electron chi connectivity index (χ2n) is 10.1. The Labute approximate surface area is 236 Å². The quantitative estimate of drug-likeness (QED) is 0.183. The van der Waals surface area contributed by atoms with Gasteiger partial charge in [0, 0.05) is 29.5 Å². The van der Waals surface area contributed by atoms with E-state index in [2.05, 4.69) is 48.5 Å². The van der Waals surface area contributed by atoms with Crippen molar-refractivity contribution in [1.82, 2.24) is 0 Å². The average molecular weight is 543 g/mol. The summed E-state index contributed by atoms with van der Waals surface area (Å²) in [5.74, 6) is 2.14. The van der Waals surface area contributed by atoms with E-state index in [1.807, 2.05) is 91.0 Å². The zero-order valence-corrected chi connectivity index (χ0v) is 23.3. The SMILES string of the molecule is COc1ccc2c(c1)OC(=C(c1ccccc1)c1ccccc1)C2P(=O)(Cc1ccccc1)Cc1ccccc1. The van der Waals surface area contributed by atoms with Crippen molar-refractivity contribution in [2.75, 3.05) is 7.11 Å². The van der Waals surface area contributed by atoms with Crippen molar-refractivity contribution in [3.8, 4) is 11.5 Å². The molecular weight excluding hydrogens is 511 g/mol. The molecule has 198 valence electrons. The van der Waals surface area contributed by atoms with E-state index in [-0.39, 0.29) is 0 Å². The Hall–Kier alpha value is -4.33. The standard InChI is InChI=1S/C36H31O3P/c1-38-31-22-23-32-33(24-31)39-35(34(29-18-10-4-11-19-29)30-20-12-5-13-21-30)36(32)40(37,25-27-14-6-2-7-15-27)26-28-16-8-3-9-17-28/h2-24,36H,25-26H2,1H3. The molecule has 1 heterocycles. The Morgan fingerprint density at radius 3 is 1.62 bits per heavy atom. The second kappa shape index (κ2) is 11.4. The number of benzene rings is 5. The highest BCUT2D eigenvalue weighted by Crippen LogP contribution is 2.70. The summed E-state index contributed by atoms with van der Waals surface area (Å²) in [6.45, 7) is 0. The lowest BCUT2D eigenvalue weighted by Crippen LogP contribution is -2.09. The van der Waals surface area contributed by atoms with Gasteiger partial charge in [0.2, 0.25) is 0 Å². The van der Waals surface area contributed by atoms with E-state index in [1.165, 1.54) is 0 Å². The van der Waals surface area contributed by atoms with Gasteiger partial charge in [0.05, 0.1) is 7.11 Å².